The number of piperidine rings is 1. The first-order valence-electron chi connectivity index (χ1n) is 10.6. The summed E-state index contributed by atoms with van der Waals surface area (Å²) in [5, 5.41) is 14.0. The predicted octanol–water partition coefficient (Wildman–Crippen LogP) is 3.58. The van der Waals surface area contributed by atoms with Gasteiger partial charge < -0.3 is 15.3 Å². The zero-order valence-electron chi connectivity index (χ0n) is 17.1. The van der Waals surface area contributed by atoms with Gasteiger partial charge in [0.2, 0.25) is 5.95 Å². The highest BCUT2D eigenvalue weighted by Gasteiger charge is 2.46. The molecule has 2 bridgehead atoms. The van der Waals surface area contributed by atoms with Gasteiger partial charge in [0, 0.05) is 23.9 Å². The number of nitrogens with zero attached hydrogens (tertiary/aromatic N) is 3. The predicted molar refractivity (Wildman–Crippen MR) is 120 cm³/mol. The van der Waals surface area contributed by atoms with E-state index in [0.717, 1.165) is 43.7 Å². The van der Waals surface area contributed by atoms with E-state index in [9.17, 15) is 9.32 Å². The summed E-state index contributed by atoms with van der Waals surface area (Å²) in [6, 6.07) is 8.66. The second-order valence-electron chi connectivity index (χ2n) is 8.95. The summed E-state index contributed by atoms with van der Waals surface area (Å²) >= 11 is 6.05. The molecule has 1 saturated heterocycles. The summed E-state index contributed by atoms with van der Waals surface area (Å²) in [6.45, 7) is 0.983. The summed E-state index contributed by atoms with van der Waals surface area (Å²) in [5.74, 6) is 2.43. The van der Waals surface area contributed by atoms with Crippen molar-refractivity contribution in [3.63, 3.8) is 0 Å². The van der Waals surface area contributed by atoms with Crippen LogP contribution in [0, 0.1) is 5.92 Å². The Labute approximate surface area is 184 Å². The minimum Gasteiger partial charge on any atom is -0.394 e. The van der Waals surface area contributed by atoms with Crippen LogP contribution >= 0.6 is 11.6 Å². The number of aliphatic hydroxyl groups is 1. The Kier molecular flexibility index (Phi) is 5.24. The lowest BCUT2D eigenvalue weighted by molar-refractivity contribution is 0.143. The van der Waals surface area contributed by atoms with Crippen molar-refractivity contribution in [1.82, 2.24) is 9.97 Å². The number of fused-ring (bicyclic) bond motifs is 2. The SMILES string of the molecule is C[S@](=O)c1cnc(N2CC3CC2CC3c2ccc(Cl)cc2)nc1NC1(CO)CCC1. The molecule has 3 fully saturated rings. The molecule has 1 aromatic heterocycles. The van der Waals surface area contributed by atoms with Gasteiger partial charge >= 0.3 is 0 Å². The van der Waals surface area contributed by atoms with Crippen molar-refractivity contribution < 1.29 is 9.32 Å². The van der Waals surface area contributed by atoms with Gasteiger partial charge in [0.15, 0.2) is 0 Å². The lowest BCUT2D eigenvalue weighted by Crippen LogP contribution is -2.48. The summed E-state index contributed by atoms with van der Waals surface area (Å²) in [7, 11) is -1.20. The van der Waals surface area contributed by atoms with Crippen LogP contribution < -0.4 is 10.2 Å². The van der Waals surface area contributed by atoms with Crippen molar-refractivity contribution in [1.29, 1.82) is 0 Å². The molecule has 30 heavy (non-hydrogen) atoms. The van der Waals surface area contributed by atoms with E-state index >= 15 is 0 Å². The Hall–Kier alpha value is -1.70. The van der Waals surface area contributed by atoms with Crippen LogP contribution in [0.5, 0.6) is 0 Å². The molecule has 2 saturated carbocycles. The molecular formula is C22H27ClN4O2S. The monoisotopic (exact) mass is 446 g/mol. The van der Waals surface area contributed by atoms with Gasteiger partial charge in [-0.15, -0.1) is 0 Å². The molecule has 2 heterocycles. The van der Waals surface area contributed by atoms with Crippen molar-refractivity contribution in [2.24, 2.45) is 5.92 Å². The molecule has 1 aromatic carbocycles. The minimum absolute atomic E-state index is 0.0549. The average Bonchev–Trinajstić information content (AvgIpc) is 3.32. The third-order valence-corrected chi connectivity index (χ3v) is 8.32. The topological polar surface area (TPSA) is 78.4 Å². The number of hydrogen-bond acceptors (Lipinski definition) is 6. The molecular weight excluding hydrogens is 420 g/mol. The van der Waals surface area contributed by atoms with Crippen LogP contribution in [0.2, 0.25) is 5.02 Å². The number of aromatic nitrogens is 2. The number of nitrogens with one attached hydrogen (secondary N) is 1. The quantitative estimate of drug-likeness (QED) is 0.706. The largest absolute Gasteiger partial charge is 0.394 e. The highest BCUT2D eigenvalue weighted by Crippen LogP contribution is 2.48. The molecule has 2 N–H and O–H groups in total. The van der Waals surface area contributed by atoms with E-state index in [0.29, 0.717) is 34.5 Å². The summed E-state index contributed by atoms with van der Waals surface area (Å²) in [5.41, 5.74) is 1.02. The Morgan fingerprint density at radius 3 is 2.63 bits per heavy atom. The highest BCUT2D eigenvalue weighted by molar-refractivity contribution is 7.84. The maximum absolute atomic E-state index is 12.2. The molecule has 3 unspecified atom stereocenters. The number of aliphatic hydroxyl groups excluding tert-OH is 1. The Balaban J connectivity index is 1.37. The fraction of sp³-hybridized carbons (Fsp3) is 0.545. The number of anilines is 2. The third-order valence-electron chi connectivity index (χ3n) is 7.15. The van der Waals surface area contributed by atoms with Crippen molar-refractivity contribution in [2.45, 2.75) is 54.5 Å². The molecule has 1 aliphatic heterocycles. The molecule has 6 nitrogen and oxygen atoms in total. The lowest BCUT2D eigenvalue weighted by atomic mass is 9.77. The second kappa shape index (κ2) is 7.77. The van der Waals surface area contributed by atoms with E-state index in [1.54, 1.807) is 12.5 Å². The zero-order valence-corrected chi connectivity index (χ0v) is 18.6. The first kappa shape index (κ1) is 20.2. The van der Waals surface area contributed by atoms with E-state index in [4.69, 9.17) is 16.6 Å². The fourth-order valence-electron chi connectivity index (χ4n) is 5.29. The van der Waals surface area contributed by atoms with Crippen LogP contribution in [0.15, 0.2) is 35.4 Å². The maximum Gasteiger partial charge on any atom is 0.227 e. The number of halogens is 1. The molecule has 0 spiro atoms. The van der Waals surface area contributed by atoms with Crippen LogP contribution in [0.1, 0.15) is 43.6 Å². The molecule has 0 amide bonds. The molecule has 2 aliphatic carbocycles. The molecule has 3 aliphatic rings. The van der Waals surface area contributed by atoms with Crippen molar-refractivity contribution >= 4 is 34.2 Å². The van der Waals surface area contributed by atoms with Crippen LogP contribution in [0.4, 0.5) is 11.8 Å². The van der Waals surface area contributed by atoms with Crippen molar-refractivity contribution in [3.8, 4) is 0 Å². The summed E-state index contributed by atoms with van der Waals surface area (Å²) in [4.78, 5) is 12.3. The maximum atomic E-state index is 12.2. The standard InChI is InChI=1S/C22H27ClN4O2S/c1-30(29)19-11-24-21(25-20(19)26-22(13-28)7-2-8-22)27-12-15-9-17(27)10-18(15)14-3-5-16(23)6-4-14/h3-6,11,15,17-18,28H,2,7-10,12-13H2,1H3,(H,24,25,26)/t15?,17?,18?,30-/m0/s1. The number of hydrogen-bond donors (Lipinski definition) is 2. The summed E-state index contributed by atoms with van der Waals surface area (Å²) < 4.78 is 12.2. The Bertz CT molecular complexity index is 961. The van der Waals surface area contributed by atoms with Gasteiger partial charge in [0.05, 0.1) is 34.0 Å². The first-order chi connectivity index (χ1) is 14.5. The fourth-order valence-corrected chi connectivity index (χ4v) is 5.99. The Morgan fingerprint density at radius 2 is 2.07 bits per heavy atom. The van der Waals surface area contributed by atoms with E-state index < -0.39 is 10.8 Å². The van der Waals surface area contributed by atoms with Crippen LogP contribution in [0.3, 0.4) is 0 Å². The van der Waals surface area contributed by atoms with Crippen molar-refractivity contribution in [2.75, 3.05) is 29.6 Å². The minimum atomic E-state index is -1.20. The zero-order chi connectivity index (χ0) is 20.9. The van der Waals surface area contributed by atoms with Gasteiger partial charge in [-0.2, -0.15) is 4.98 Å². The number of benzene rings is 1. The van der Waals surface area contributed by atoms with E-state index in [2.05, 4.69) is 27.3 Å². The second-order valence-corrected chi connectivity index (χ2v) is 10.7. The molecule has 8 heteroatoms. The van der Waals surface area contributed by atoms with E-state index in [1.165, 1.54) is 5.56 Å². The first-order valence-corrected chi connectivity index (χ1v) is 12.5. The lowest BCUT2D eigenvalue weighted by Gasteiger charge is -2.41. The molecule has 160 valence electrons. The Morgan fingerprint density at radius 1 is 1.30 bits per heavy atom. The van der Waals surface area contributed by atoms with Gasteiger partial charge in [-0.3, -0.25) is 4.21 Å². The molecule has 0 radical (unpaired) electrons. The van der Waals surface area contributed by atoms with Crippen molar-refractivity contribution in [3.05, 3.63) is 41.0 Å². The van der Waals surface area contributed by atoms with Crippen LogP contribution in [-0.2, 0) is 10.8 Å². The molecule has 2 aromatic rings. The van der Waals surface area contributed by atoms with Gasteiger partial charge in [-0.1, -0.05) is 23.7 Å². The van der Waals surface area contributed by atoms with Crippen LogP contribution in [-0.4, -0.2) is 50.3 Å². The van der Waals surface area contributed by atoms with Gasteiger partial charge in [-0.05, 0) is 61.6 Å². The van der Waals surface area contributed by atoms with Gasteiger partial charge in [-0.25, -0.2) is 4.98 Å². The number of rotatable bonds is 6. The van der Waals surface area contributed by atoms with E-state index in [1.807, 2.05) is 12.1 Å². The van der Waals surface area contributed by atoms with Gasteiger partial charge in [0.25, 0.3) is 0 Å². The summed E-state index contributed by atoms with van der Waals surface area (Å²) in [6.07, 6.45) is 8.43. The molecule has 4 atom stereocenters. The van der Waals surface area contributed by atoms with Gasteiger partial charge in [0.1, 0.15) is 5.82 Å². The van der Waals surface area contributed by atoms with Crippen LogP contribution in [0.25, 0.3) is 0 Å². The third kappa shape index (κ3) is 3.51. The van der Waals surface area contributed by atoms with E-state index in [-0.39, 0.29) is 12.1 Å². The normalized spacial score (nSPS) is 27.7. The average molecular weight is 447 g/mol. The molecule has 5 rings (SSSR count). The smallest absolute Gasteiger partial charge is 0.227 e. The highest BCUT2D eigenvalue weighted by atomic mass is 35.5.